The minimum absolute atomic E-state index is 0. The van der Waals surface area contributed by atoms with E-state index < -0.39 is 37.0 Å². The van der Waals surface area contributed by atoms with E-state index in [0.717, 1.165) is 0 Å². The lowest BCUT2D eigenvalue weighted by Gasteiger charge is -2.19. The quantitative estimate of drug-likeness (QED) is 0.755. The normalized spacial score (nSPS) is 14.3. The van der Waals surface area contributed by atoms with Crippen LogP contribution < -0.4 is 5.73 Å². The number of alkyl halides is 5. The molecule has 0 aliphatic heterocycles. The van der Waals surface area contributed by atoms with Crippen LogP contribution in [0.2, 0.25) is 0 Å². The average molecular weight is 258 g/mol. The molecule has 0 fully saturated rings. The van der Waals surface area contributed by atoms with Crippen LogP contribution in [0.1, 0.15) is 12.8 Å². The first kappa shape index (κ1) is 16.8. The molecule has 0 aliphatic carbocycles. The molecule has 3 N–H and O–H groups in total. The highest BCUT2D eigenvalue weighted by atomic mass is 35.5. The molecular weight excluding hydrogens is 249 g/mol. The maximum atomic E-state index is 12.2. The summed E-state index contributed by atoms with van der Waals surface area (Å²) in [6.07, 6.45) is -8.21. The van der Waals surface area contributed by atoms with E-state index in [9.17, 15) is 26.7 Å². The molecule has 0 bridgehead atoms. The Labute approximate surface area is 87.8 Å². The van der Waals surface area contributed by atoms with Crippen LogP contribution in [0.3, 0.4) is 0 Å². The van der Waals surface area contributed by atoms with Crippen LogP contribution in [0.25, 0.3) is 0 Å². The number of halogens is 6. The second-order valence-corrected chi connectivity index (χ2v) is 2.69. The number of hydrogen-bond acceptors (Lipinski definition) is 2. The maximum absolute atomic E-state index is 12.2. The summed E-state index contributed by atoms with van der Waals surface area (Å²) >= 11 is 0. The number of aliphatic carboxylic acids is 1. The maximum Gasteiger partial charge on any atom is 0.453 e. The molecule has 92 valence electrons. The topological polar surface area (TPSA) is 63.3 Å². The standard InChI is InChI=1S/C6H8F5NO2.ClH/c7-5(8,6(9,10)11)2-1-3(12)4(13)14;/h3H,1-2,12H2,(H,13,14);1H. The van der Waals surface area contributed by atoms with Gasteiger partial charge in [0.2, 0.25) is 0 Å². The van der Waals surface area contributed by atoms with Gasteiger partial charge in [0.05, 0.1) is 0 Å². The van der Waals surface area contributed by atoms with E-state index in [1.807, 2.05) is 0 Å². The summed E-state index contributed by atoms with van der Waals surface area (Å²) in [5.74, 6) is -6.50. The first-order valence-corrected chi connectivity index (χ1v) is 3.51. The van der Waals surface area contributed by atoms with Crippen LogP contribution in [-0.2, 0) is 4.79 Å². The van der Waals surface area contributed by atoms with Crippen LogP contribution >= 0.6 is 12.4 Å². The van der Waals surface area contributed by atoms with Crippen molar-refractivity contribution in [1.82, 2.24) is 0 Å². The fourth-order valence-electron chi connectivity index (χ4n) is 0.602. The minimum atomic E-state index is -5.66. The minimum Gasteiger partial charge on any atom is -0.480 e. The van der Waals surface area contributed by atoms with Crippen LogP contribution in [0.15, 0.2) is 0 Å². The Morgan fingerprint density at radius 2 is 1.67 bits per heavy atom. The molecule has 0 aromatic rings. The van der Waals surface area contributed by atoms with Crippen LogP contribution in [0.5, 0.6) is 0 Å². The molecule has 0 spiro atoms. The summed E-state index contributed by atoms with van der Waals surface area (Å²) in [5, 5.41) is 8.13. The zero-order chi connectivity index (χ0) is 11.6. The molecule has 0 amide bonds. The SMILES string of the molecule is Cl.NC(CCC(F)(F)C(F)(F)F)C(=O)O. The summed E-state index contributed by atoms with van der Waals surface area (Å²) in [5.41, 5.74) is 4.77. The summed E-state index contributed by atoms with van der Waals surface area (Å²) in [6, 6.07) is -1.71. The number of rotatable bonds is 4. The van der Waals surface area contributed by atoms with Gasteiger partial charge in [-0.3, -0.25) is 4.79 Å². The molecule has 1 atom stereocenters. The largest absolute Gasteiger partial charge is 0.480 e. The second kappa shape index (κ2) is 5.45. The lowest BCUT2D eigenvalue weighted by Crippen LogP contribution is -2.39. The predicted octanol–water partition coefficient (Wildman–Crippen LogP) is 1.80. The molecule has 3 nitrogen and oxygen atoms in total. The van der Waals surface area contributed by atoms with Crippen molar-refractivity contribution in [2.75, 3.05) is 0 Å². The van der Waals surface area contributed by atoms with Crippen LogP contribution in [0.4, 0.5) is 22.0 Å². The van der Waals surface area contributed by atoms with Crippen molar-refractivity contribution in [3.63, 3.8) is 0 Å². The van der Waals surface area contributed by atoms with Gasteiger partial charge in [0.15, 0.2) is 0 Å². The first-order valence-electron chi connectivity index (χ1n) is 3.51. The Hall–Kier alpha value is -0.630. The van der Waals surface area contributed by atoms with Crippen molar-refractivity contribution in [1.29, 1.82) is 0 Å². The van der Waals surface area contributed by atoms with Crippen molar-refractivity contribution in [2.24, 2.45) is 5.73 Å². The van der Waals surface area contributed by atoms with Crippen LogP contribution in [-0.4, -0.2) is 29.2 Å². The van der Waals surface area contributed by atoms with Gasteiger partial charge >= 0.3 is 18.1 Å². The van der Waals surface area contributed by atoms with Crippen molar-refractivity contribution in [2.45, 2.75) is 31.0 Å². The van der Waals surface area contributed by atoms with Gasteiger partial charge in [0.25, 0.3) is 0 Å². The Balaban J connectivity index is 0. The molecule has 0 radical (unpaired) electrons. The molecule has 0 aromatic carbocycles. The Morgan fingerprint density at radius 3 is 1.93 bits per heavy atom. The van der Waals surface area contributed by atoms with Crippen molar-refractivity contribution in [3.05, 3.63) is 0 Å². The third-order valence-corrected chi connectivity index (χ3v) is 1.50. The highest BCUT2D eigenvalue weighted by Gasteiger charge is 2.56. The van der Waals surface area contributed by atoms with Gasteiger partial charge in [0, 0.05) is 6.42 Å². The number of hydrogen-bond donors (Lipinski definition) is 2. The Kier molecular flexibility index (Phi) is 6.10. The zero-order valence-corrected chi connectivity index (χ0v) is 8.04. The summed E-state index contributed by atoms with van der Waals surface area (Å²) in [6.45, 7) is 0. The summed E-state index contributed by atoms with van der Waals surface area (Å²) < 4.78 is 59.0. The van der Waals surface area contributed by atoms with E-state index in [2.05, 4.69) is 0 Å². The number of carboxylic acids is 1. The van der Waals surface area contributed by atoms with Gasteiger partial charge in [-0.25, -0.2) is 0 Å². The highest BCUT2D eigenvalue weighted by molar-refractivity contribution is 5.85. The van der Waals surface area contributed by atoms with E-state index >= 15 is 0 Å². The summed E-state index contributed by atoms with van der Waals surface area (Å²) in [4.78, 5) is 10.0. The molecule has 0 aromatic heterocycles. The predicted molar refractivity (Wildman–Crippen MR) is 43.1 cm³/mol. The molecule has 0 heterocycles. The smallest absolute Gasteiger partial charge is 0.453 e. The molecule has 9 heteroatoms. The lowest BCUT2D eigenvalue weighted by molar-refractivity contribution is -0.284. The first-order chi connectivity index (χ1) is 6.08. The fraction of sp³-hybridized carbons (Fsp3) is 0.833. The zero-order valence-electron chi connectivity index (χ0n) is 7.22. The summed E-state index contributed by atoms with van der Waals surface area (Å²) in [7, 11) is 0. The van der Waals surface area contributed by atoms with E-state index in [1.54, 1.807) is 0 Å². The van der Waals surface area contributed by atoms with E-state index in [0.29, 0.717) is 0 Å². The molecule has 15 heavy (non-hydrogen) atoms. The fourth-order valence-corrected chi connectivity index (χ4v) is 0.602. The van der Waals surface area contributed by atoms with Gasteiger partial charge < -0.3 is 10.8 Å². The van der Waals surface area contributed by atoms with Crippen molar-refractivity contribution >= 4 is 18.4 Å². The highest BCUT2D eigenvalue weighted by Crippen LogP contribution is 2.38. The third-order valence-electron chi connectivity index (χ3n) is 1.50. The monoisotopic (exact) mass is 257 g/mol. The molecule has 1 unspecified atom stereocenters. The van der Waals surface area contributed by atoms with Crippen molar-refractivity contribution in [3.8, 4) is 0 Å². The van der Waals surface area contributed by atoms with Gasteiger partial charge in [0.1, 0.15) is 6.04 Å². The second-order valence-electron chi connectivity index (χ2n) is 2.69. The van der Waals surface area contributed by atoms with E-state index in [4.69, 9.17) is 10.8 Å². The Bertz CT molecular complexity index is 220. The molecule has 0 rings (SSSR count). The van der Waals surface area contributed by atoms with Crippen LogP contribution in [0, 0.1) is 0 Å². The van der Waals surface area contributed by atoms with Gasteiger partial charge in [-0.2, -0.15) is 22.0 Å². The number of carboxylic acid groups (broad SMARTS) is 1. The Morgan fingerprint density at radius 1 is 1.27 bits per heavy atom. The third kappa shape index (κ3) is 5.12. The van der Waals surface area contributed by atoms with Gasteiger partial charge in [-0.1, -0.05) is 0 Å². The molecule has 0 saturated carbocycles. The van der Waals surface area contributed by atoms with Crippen molar-refractivity contribution < 1.29 is 31.9 Å². The van der Waals surface area contributed by atoms with Gasteiger partial charge in [-0.15, -0.1) is 12.4 Å². The molecule has 0 aliphatic rings. The molecular formula is C6H9ClF5NO2. The van der Waals surface area contributed by atoms with E-state index in [1.165, 1.54) is 0 Å². The van der Waals surface area contributed by atoms with Gasteiger partial charge in [-0.05, 0) is 6.42 Å². The van der Waals surface area contributed by atoms with E-state index in [-0.39, 0.29) is 12.4 Å². The number of carbonyl (C=O) groups is 1. The number of nitrogens with two attached hydrogens (primary N) is 1. The lowest BCUT2D eigenvalue weighted by atomic mass is 10.1. The molecule has 0 saturated heterocycles. The average Bonchev–Trinajstić information content (AvgIpc) is 1.97.